The van der Waals surface area contributed by atoms with Crippen LogP contribution in [0.4, 0.5) is 0 Å². The average Bonchev–Trinajstić information content (AvgIpc) is 2.79. The van der Waals surface area contributed by atoms with Crippen molar-refractivity contribution in [3.63, 3.8) is 0 Å². The van der Waals surface area contributed by atoms with E-state index in [2.05, 4.69) is 27.7 Å². The number of hydrogen-bond acceptors (Lipinski definition) is 1. The normalized spacial score (nSPS) is 59.6. The highest BCUT2D eigenvalue weighted by molar-refractivity contribution is 5.26. The van der Waals surface area contributed by atoms with E-state index in [-0.39, 0.29) is 5.60 Å². The molecule has 3 aliphatic carbocycles. The highest BCUT2D eigenvalue weighted by Crippen LogP contribution is 2.80. The molecule has 0 amide bonds. The van der Waals surface area contributed by atoms with Gasteiger partial charge in [0.05, 0.1) is 5.60 Å². The van der Waals surface area contributed by atoms with Gasteiger partial charge in [0.15, 0.2) is 0 Å². The molecule has 0 bridgehead atoms. The first-order valence-corrected chi connectivity index (χ1v) is 7.13. The molecule has 3 rings (SSSR count). The molecule has 0 aromatic rings. The van der Waals surface area contributed by atoms with E-state index >= 15 is 0 Å². The summed E-state index contributed by atoms with van der Waals surface area (Å²) in [6.07, 6.45) is 5.13. The van der Waals surface area contributed by atoms with Crippen molar-refractivity contribution in [2.75, 3.05) is 0 Å². The standard InChI is InChI=1S/C15H26O/c1-9(2)11-6-5-10(3)15-8-7-14(4,16)13(15)12(11)15/h9-13,16H,5-8H2,1-4H3/t10-,11?,12?,13?,14?,15-/m0/s1. The highest BCUT2D eigenvalue weighted by atomic mass is 16.3. The summed E-state index contributed by atoms with van der Waals surface area (Å²) in [5, 5.41) is 10.5. The van der Waals surface area contributed by atoms with E-state index in [1.54, 1.807) is 0 Å². The number of rotatable bonds is 1. The quantitative estimate of drug-likeness (QED) is 0.720. The largest absolute Gasteiger partial charge is 0.390 e. The molecule has 3 fully saturated rings. The van der Waals surface area contributed by atoms with Crippen LogP contribution in [-0.2, 0) is 0 Å². The first-order valence-electron chi connectivity index (χ1n) is 7.13. The summed E-state index contributed by atoms with van der Waals surface area (Å²) in [6.45, 7) is 9.27. The Morgan fingerprint density at radius 3 is 2.50 bits per heavy atom. The molecule has 6 atom stereocenters. The first-order chi connectivity index (χ1) is 7.41. The molecule has 1 N–H and O–H groups in total. The maximum Gasteiger partial charge on any atom is 0.0656 e. The second-order valence-electron chi connectivity index (χ2n) is 7.36. The summed E-state index contributed by atoms with van der Waals surface area (Å²) in [7, 11) is 0. The van der Waals surface area contributed by atoms with Crippen LogP contribution in [0.1, 0.15) is 53.4 Å². The second kappa shape index (κ2) is 3.04. The van der Waals surface area contributed by atoms with Gasteiger partial charge in [0.1, 0.15) is 0 Å². The first kappa shape index (κ1) is 11.1. The Balaban J connectivity index is 1.92. The summed E-state index contributed by atoms with van der Waals surface area (Å²) in [6, 6.07) is 0. The Kier molecular flexibility index (Phi) is 2.11. The van der Waals surface area contributed by atoms with Crippen LogP contribution in [-0.4, -0.2) is 10.7 Å². The predicted molar refractivity (Wildman–Crippen MR) is 66.0 cm³/mol. The molecule has 0 aromatic carbocycles. The van der Waals surface area contributed by atoms with Gasteiger partial charge in [0.25, 0.3) is 0 Å². The molecule has 1 heteroatoms. The minimum Gasteiger partial charge on any atom is -0.390 e. The SMILES string of the molecule is CC(C)C1CC[C@H](C)[C@]23CCC(C)(O)C2C13. The molecular weight excluding hydrogens is 196 g/mol. The Morgan fingerprint density at radius 1 is 1.19 bits per heavy atom. The Bertz CT molecular complexity index is 307. The van der Waals surface area contributed by atoms with Gasteiger partial charge in [-0.15, -0.1) is 0 Å². The van der Waals surface area contributed by atoms with Crippen LogP contribution in [0, 0.1) is 35.0 Å². The molecule has 0 aliphatic heterocycles. The zero-order chi connectivity index (χ0) is 11.7. The number of fused-ring (bicyclic) bond motifs is 1. The maximum absolute atomic E-state index is 10.5. The van der Waals surface area contributed by atoms with E-state index in [1.807, 2.05) is 0 Å². The van der Waals surface area contributed by atoms with E-state index in [9.17, 15) is 5.11 Å². The molecule has 1 spiro atoms. The molecule has 3 saturated carbocycles. The molecular formula is C15H26O. The topological polar surface area (TPSA) is 20.2 Å². The fourth-order valence-corrected chi connectivity index (χ4v) is 5.57. The van der Waals surface area contributed by atoms with Crippen molar-refractivity contribution in [3.05, 3.63) is 0 Å². The van der Waals surface area contributed by atoms with Gasteiger partial charge >= 0.3 is 0 Å². The van der Waals surface area contributed by atoms with Crippen molar-refractivity contribution in [3.8, 4) is 0 Å². The minimum atomic E-state index is -0.351. The lowest BCUT2D eigenvalue weighted by molar-refractivity contribution is 0.0291. The van der Waals surface area contributed by atoms with Crippen LogP contribution in [0.15, 0.2) is 0 Å². The monoisotopic (exact) mass is 222 g/mol. The van der Waals surface area contributed by atoms with Crippen molar-refractivity contribution in [2.24, 2.45) is 35.0 Å². The third-order valence-corrected chi connectivity index (χ3v) is 6.35. The predicted octanol–water partition coefficient (Wildman–Crippen LogP) is 3.47. The molecule has 4 unspecified atom stereocenters. The lowest BCUT2D eigenvalue weighted by atomic mass is 9.69. The van der Waals surface area contributed by atoms with E-state index in [4.69, 9.17) is 0 Å². The van der Waals surface area contributed by atoms with Gasteiger partial charge in [-0.2, -0.15) is 0 Å². The lowest BCUT2D eigenvalue weighted by Crippen LogP contribution is -2.30. The zero-order valence-electron chi connectivity index (χ0n) is 11.2. The van der Waals surface area contributed by atoms with Gasteiger partial charge in [-0.1, -0.05) is 20.8 Å². The third kappa shape index (κ3) is 1.11. The fraction of sp³-hybridized carbons (Fsp3) is 1.00. The van der Waals surface area contributed by atoms with E-state index < -0.39 is 0 Å². The third-order valence-electron chi connectivity index (χ3n) is 6.35. The molecule has 0 radical (unpaired) electrons. The van der Waals surface area contributed by atoms with Crippen LogP contribution in [0.2, 0.25) is 0 Å². The van der Waals surface area contributed by atoms with Crippen molar-refractivity contribution in [1.82, 2.24) is 0 Å². The molecule has 3 aliphatic rings. The van der Waals surface area contributed by atoms with Crippen molar-refractivity contribution >= 4 is 0 Å². The summed E-state index contributed by atoms with van der Waals surface area (Å²) in [5.41, 5.74) is 0.201. The molecule has 0 saturated heterocycles. The second-order valence-corrected chi connectivity index (χ2v) is 7.36. The molecule has 1 nitrogen and oxygen atoms in total. The summed E-state index contributed by atoms with van der Waals surface area (Å²) in [5.74, 6) is 4.01. The van der Waals surface area contributed by atoms with Gasteiger partial charge in [-0.25, -0.2) is 0 Å². The van der Waals surface area contributed by atoms with Crippen LogP contribution in [0.25, 0.3) is 0 Å². The van der Waals surface area contributed by atoms with E-state index in [0.29, 0.717) is 11.3 Å². The van der Waals surface area contributed by atoms with Crippen LogP contribution < -0.4 is 0 Å². The highest BCUT2D eigenvalue weighted by Gasteiger charge is 2.77. The zero-order valence-corrected chi connectivity index (χ0v) is 11.2. The van der Waals surface area contributed by atoms with Crippen molar-refractivity contribution in [2.45, 2.75) is 59.0 Å². The lowest BCUT2D eigenvalue weighted by Gasteiger charge is -2.36. The summed E-state index contributed by atoms with van der Waals surface area (Å²) in [4.78, 5) is 0. The molecule has 0 aromatic heterocycles. The summed E-state index contributed by atoms with van der Waals surface area (Å²) >= 11 is 0. The van der Waals surface area contributed by atoms with Crippen LogP contribution in [0.5, 0.6) is 0 Å². The molecule has 0 heterocycles. The average molecular weight is 222 g/mol. The van der Waals surface area contributed by atoms with E-state index in [1.165, 1.54) is 19.3 Å². The van der Waals surface area contributed by atoms with Crippen molar-refractivity contribution < 1.29 is 5.11 Å². The summed E-state index contributed by atoms with van der Waals surface area (Å²) < 4.78 is 0. The molecule has 16 heavy (non-hydrogen) atoms. The fourth-order valence-electron chi connectivity index (χ4n) is 5.57. The van der Waals surface area contributed by atoms with Crippen molar-refractivity contribution in [1.29, 1.82) is 0 Å². The number of hydrogen-bond donors (Lipinski definition) is 1. The van der Waals surface area contributed by atoms with Gasteiger partial charge < -0.3 is 5.11 Å². The van der Waals surface area contributed by atoms with Gasteiger partial charge in [-0.05, 0) is 67.6 Å². The van der Waals surface area contributed by atoms with Gasteiger partial charge in [0, 0.05) is 0 Å². The minimum absolute atomic E-state index is 0.351. The van der Waals surface area contributed by atoms with Gasteiger partial charge in [-0.3, -0.25) is 0 Å². The smallest absolute Gasteiger partial charge is 0.0656 e. The number of aliphatic hydroxyl groups is 1. The van der Waals surface area contributed by atoms with E-state index in [0.717, 1.165) is 30.1 Å². The Morgan fingerprint density at radius 2 is 1.88 bits per heavy atom. The Hall–Kier alpha value is -0.0400. The Labute approximate surface area is 99.6 Å². The van der Waals surface area contributed by atoms with Crippen LogP contribution in [0.3, 0.4) is 0 Å². The molecule has 92 valence electrons. The van der Waals surface area contributed by atoms with Gasteiger partial charge in [0.2, 0.25) is 0 Å². The maximum atomic E-state index is 10.5. The van der Waals surface area contributed by atoms with Crippen LogP contribution >= 0.6 is 0 Å².